The fourth-order valence-corrected chi connectivity index (χ4v) is 1.84. The summed E-state index contributed by atoms with van der Waals surface area (Å²) in [7, 11) is 1.68. The Morgan fingerprint density at radius 2 is 2.11 bits per heavy atom. The highest BCUT2D eigenvalue weighted by Crippen LogP contribution is 2.18. The summed E-state index contributed by atoms with van der Waals surface area (Å²) >= 11 is 1.51. The van der Waals surface area contributed by atoms with Crippen molar-refractivity contribution in [3.63, 3.8) is 0 Å². The molecule has 0 bridgehead atoms. The average Bonchev–Trinajstić information content (AvgIpc) is 2.33. The molecule has 3 N–H and O–H groups in total. The van der Waals surface area contributed by atoms with Crippen LogP contribution in [0.2, 0.25) is 0 Å². The van der Waals surface area contributed by atoms with Gasteiger partial charge < -0.3 is 9.47 Å². The van der Waals surface area contributed by atoms with Crippen LogP contribution in [0.4, 0.5) is 5.95 Å². The summed E-state index contributed by atoms with van der Waals surface area (Å²) in [5, 5.41) is 0.588. The van der Waals surface area contributed by atoms with E-state index in [9.17, 15) is 0 Å². The molecule has 1 rings (SSSR count). The van der Waals surface area contributed by atoms with Crippen molar-refractivity contribution < 1.29 is 9.47 Å². The third kappa shape index (κ3) is 5.48. The maximum Gasteiger partial charge on any atom is 0.322 e. The van der Waals surface area contributed by atoms with Crippen molar-refractivity contribution >= 4 is 17.7 Å². The number of nitrogens with one attached hydrogen (secondary N) is 1. The van der Waals surface area contributed by atoms with Crippen molar-refractivity contribution in [2.24, 2.45) is 5.84 Å². The van der Waals surface area contributed by atoms with Gasteiger partial charge in [-0.15, -0.1) is 0 Å². The number of hydrogen-bond acceptors (Lipinski definition) is 8. The SMILES string of the molecule is COCCCSc1nc(NN)nc(OC(C)C)n1. The highest BCUT2D eigenvalue weighted by atomic mass is 32.2. The van der Waals surface area contributed by atoms with Crippen LogP contribution in [0.3, 0.4) is 0 Å². The summed E-state index contributed by atoms with van der Waals surface area (Å²) in [4.78, 5) is 12.4. The molecule has 0 aliphatic carbocycles. The van der Waals surface area contributed by atoms with Crippen LogP contribution in [0.25, 0.3) is 0 Å². The van der Waals surface area contributed by atoms with Gasteiger partial charge in [0.2, 0.25) is 5.95 Å². The van der Waals surface area contributed by atoms with Gasteiger partial charge in [0.25, 0.3) is 0 Å². The van der Waals surface area contributed by atoms with Crippen molar-refractivity contribution in [3.05, 3.63) is 0 Å². The number of methoxy groups -OCH3 is 1. The first-order chi connectivity index (χ1) is 8.65. The van der Waals surface area contributed by atoms with Crippen molar-refractivity contribution in [1.29, 1.82) is 0 Å². The lowest BCUT2D eigenvalue weighted by atomic mass is 10.5. The normalized spacial score (nSPS) is 10.7. The number of nitrogen functional groups attached to an aromatic ring is 1. The van der Waals surface area contributed by atoms with Crippen LogP contribution in [-0.4, -0.2) is 40.5 Å². The Morgan fingerprint density at radius 1 is 1.33 bits per heavy atom. The fourth-order valence-electron chi connectivity index (χ4n) is 1.10. The molecule has 0 atom stereocenters. The van der Waals surface area contributed by atoms with Gasteiger partial charge in [-0.2, -0.15) is 15.0 Å². The lowest BCUT2D eigenvalue weighted by molar-refractivity contribution is 0.200. The minimum atomic E-state index is 0.00404. The zero-order chi connectivity index (χ0) is 13.4. The van der Waals surface area contributed by atoms with Crippen LogP contribution < -0.4 is 16.0 Å². The third-order valence-electron chi connectivity index (χ3n) is 1.79. The Kier molecular flexibility index (Phi) is 6.69. The van der Waals surface area contributed by atoms with Gasteiger partial charge in [-0.05, 0) is 20.3 Å². The molecule has 0 aliphatic rings. The number of aromatic nitrogens is 3. The molecule has 0 saturated heterocycles. The number of nitrogens with zero attached hydrogens (tertiary/aromatic N) is 3. The number of hydrogen-bond donors (Lipinski definition) is 2. The molecule has 1 heterocycles. The average molecular weight is 273 g/mol. The fraction of sp³-hybridized carbons (Fsp3) is 0.700. The molecule has 0 amide bonds. The lowest BCUT2D eigenvalue weighted by Crippen LogP contribution is -2.15. The Bertz CT molecular complexity index is 364. The second-order valence-electron chi connectivity index (χ2n) is 3.73. The highest BCUT2D eigenvalue weighted by Gasteiger charge is 2.08. The summed E-state index contributed by atoms with van der Waals surface area (Å²) in [6, 6.07) is 0.280. The number of nitrogens with two attached hydrogens (primary N) is 1. The van der Waals surface area contributed by atoms with Gasteiger partial charge in [0, 0.05) is 19.5 Å². The van der Waals surface area contributed by atoms with Crippen LogP contribution in [0.15, 0.2) is 5.16 Å². The van der Waals surface area contributed by atoms with Crippen molar-refractivity contribution in [2.75, 3.05) is 24.9 Å². The van der Waals surface area contributed by atoms with Crippen LogP contribution in [-0.2, 0) is 4.74 Å². The molecule has 8 heteroatoms. The van der Waals surface area contributed by atoms with Gasteiger partial charge in [-0.3, -0.25) is 5.43 Å². The van der Waals surface area contributed by atoms with E-state index in [2.05, 4.69) is 20.4 Å². The van der Waals surface area contributed by atoms with E-state index in [1.807, 2.05) is 13.8 Å². The van der Waals surface area contributed by atoms with Crippen LogP contribution >= 0.6 is 11.8 Å². The van der Waals surface area contributed by atoms with Gasteiger partial charge in [-0.1, -0.05) is 11.8 Å². The van der Waals surface area contributed by atoms with E-state index in [0.29, 0.717) is 11.1 Å². The first-order valence-corrected chi connectivity index (χ1v) is 6.65. The van der Waals surface area contributed by atoms with E-state index >= 15 is 0 Å². The minimum Gasteiger partial charge on any atom is -0.461 e. The zero-order valence-electron chi connectivity index (χ0n) is 10.8. The monoisotopic (exact) mass is 273 g/mol. The molecule has 0 fully saturated rings. The van der Waals surface area contributed by atoms with Gasteiger partial charge >= 0.3 is 6.01 Å². The maximum absolute atomic E-state index is 5.43. The van der Waals surface area contributed by atoms with Crippen LogP contribution in [0, 0.1) is 0 Å². The first-order valence-electron chi connectivity index (χ1n) is 5.66. The van der Waals surface area contributed by atoms with Crippen LogP contribution in [0.1, 0.15) is 20.3 Å². The largest absolute Gasteiger partial charge is 0.461 e. The number of thioether (sulfide) groups is 1. The Labute approximate surface area is 111 Å². The van der Waals surface area contributed by atoms with Gasteiger partial charge in [-0.25, -0.2) is 5.84 Å². The summed E-state index contributed by atoms with van der Waals surface area (Å²) < 4.78 is 10.4. The molecule has 1 aromatic rings. The third-order valence-corrected chi connectivity index (χ3v) is 2.72. The number of anilines is 1. The molecular weight excluding hydrogens is 254 g/mol. The summed E-state index contributed by atoms with van der Waals surface area (Å²) in [6.07, 6.45) is 0.933. The second-order valence-corrected chi connectivity index (χ2v) is 4.79. The quantitative estimate of drug-likeness (QED) is 0.314. The molecule has 0 saturated carbocycles. The van der Waals surface area contributed by atoms with Crippen molar-refractivity contribution in [1.82, 2.24) is 15.0 Å². The molecular formula is C10H19N5O2S. The van der Waals surface area contributed by atoms with Crippen molar-refractivity contribution in [2.45, 2.75) is 31.5 Å². The van der Waals surface area contributed by atoms with E-state index in [1.54, 1.807) is 7.11 Å². The van der Waals surface area contributed by atoms with Gasteiger partial charge in [0.15, 0.2) is 5.16 Å². The Morgan fingerprint density at radius 3 is 2.72 bits per heavy atom. The Balaban J connectivity index is 2.64. The summed E-state index contributed by atoms with van der Waals surface area (Å²) in [5.41, 5.74) is 2.40. The molecule has 0 unspecified atom stereocenters. The molecule has 0 spiro atoms. The summed E-state index contributed by atoms with van der Waals surface area (Å²) in [6.45, 7) is 4.53. The second kappa shape index (κ2) is 8.06. The topological polar surface area (TPSA) is 95.2 Å². The maximum atomic E-state index is 5.43. The van der Waals surface area contributed by atoms with E-state index in [4.69, 9.17) is 15.3 Å². The molecule has 102 valence electrons. The highest BCUT2D eigenvalue weighted by molar-refractivity contribution is 7.99. The molecule has 0 aliphatic heterocycles. The standard InChI is InChI=1S/C10H19N5O2S/c1-7(2)17-9-12-8(15-11)13-10(14-9)18-6-4-5-16-3/h7H,4-6,11H2,1-3H3,(H,12,13,14,15). The number of hydrazine groups is 1. The molecule has 0 aromatic carbocycles. The van der Waals surface area contributed by atoms with Crippen LogP contribution in [0.5, 0.6) is 6.01 Å². The zero-order valence-corrected chi connectivity index (χ0v) is 11.7. The van der Waals surface area contributed by atoms with Gasteiger partial charge in [0.1, 0.15) is 0 Å². The summed E-state index contributed by atoms with van der Waals surface area (Å²) in [5.74, 6) is 6.47. The smallest absolute Gasteiger partial charge is 0.322 e. The molecule has 1 aromatic heterocycles. The predicted molar refractivity (Wildman–Crippen MR) is 70.6 cm³/mol. The van der Waals surface area contributed by atoms with E-state index in [-0.39, 0.29) is 12.1 Å². The molecule has 0 radical (unpaired) electrons. The lowest BCUT2D eigenvalue weighted by Gasteiger charge is -2.09. The number of rotatable bonds is 8. The van der Waals surface area contributed by atoms with E-state index < -0.39 is 0 Å². The number of ether oxygens (including phenoxy) is 2. The van der Waals surface area contributed by atoms with Gasteiger partial charge in [0.05, 0.1) is 6.10 Å². The Hall–Kier alpha value is -1.12. The first kappa shape index (κ1) is 14.9. The predicted octanol–water partition coefficient (Wildman–Crippen LogP) is 1.07. The molecule has 7 nitrogen and oxygen atoms in total. The minimum absolute atomic E-state index is 0.00404. The molecule has 18 heavy (non-hydrogen) atoms. The van der Waals surface area contributed by atoms with E-state index in [0.717, 1.165) is 18.8 Å². The van der Waals surface area contributed by atoms with E-state index in [1.165, 1.54) is 11.8 Å². The van der Waals surface area contributed by atoms with Crippen molar-refractivity contribution in [3.8, 4) is 6.01 Å².